The Kier molecular flexibility index (Phi) is 7.23. The second kappa shape index (κ2) is 10.1. The molecule has 166 valence electrons. The van der Waals surface area contributed by atoms with Gasteiger partial charge in [-0.3, -0.25) is 9.59 Å². The molecule has 0 spiro atoms. The van der Waals surface area contributed by atoms with Crippen LogP contribution in [0.5, 0.6) is 23.0 Å². The van der Waals surface area contributed by atoms with Crippen molar-refractivity contribution in [1.82, 2.24) is 10.2 Å². The van der Waals surface area contributed by atoms with E-state index in [4.69, 9.17) is 18.9 Å². The second-order valence-corrected chi connectivity index (χ2v) is 7.21. The van der Waals surface area contributed by atoms with Crippen molar-refractivity contribution in [2.45, 2.75) is 18.9 Å². The molecule has 1 saturated heterocycles. The highest BCUT2D eigenvalue weighted by molar-refractivity contribution is 5.96. The topological polar surface area (TPSA) is 86.3 Å². The number of amides is 2. The number of methoxy groups -OCH3 is 4. The number of hydrogen-bond donors (Lipinski definition) is 1. The summed E-state index contributed by atoms with van der Waals surface area (Å²) in [5, 5.41) is 3.05. The molecule has 0 unspecified atom stereocenters. The van der Waals surface area contributed by atoms with Crippen LogP contribution in [-0.4, -0.2) is 64.3 Å². The highest BCUT2D eigenvalue weighted by Gasteiger charge is 2.26. The first kappa shape index (κ1) is 22.3. The van der Waals surface area contributed by atoms with Crippen LogP contribution in [0.3, 0.4) is 0 Å². The Hall–Kier alpha value is -3.42. The average Bonchev–Trinajstić information content (AvgIpc) is 2.83. The van der Waals surface area contributed by atoms with E-state index in [9.17, 15) is 9.59 Å². The number of nitrogens with zero attached hydrogens (tertiary/aromatic N) is 1. The SMILES string of the molecule is COc1cc(OC)cc(C(=O)N2CCC(NC(=O)c3ccc(OC)c(OC)c3)CC2)c1. The molecule has 0 aromatic heterocycles. The summed E-state index contributed by atoms with van der Waals surface area (Å²) in [6, 6.07) is 10.2. The van der Waals surface area contributed by atoms with Gasteiger partial charge in [0.05, 0.1) is 28.4 Å². The first-order valence-corrected chi connectivity index (χ1v) is 10.0. The number of carbonyl (C=O) groups excluding carboxylic acids is 2. The number of piperidine rings is 1. The summed E-state index contributed by atoms with van der Waals surface area (Å²) in [7, 11) is 6.18. The third kappa shape index (κ3) is 5.20. The molecule has 1 aliphatic rings. The Bertz CT molecular complexity index is 915. The van der Waals surface area contributed by atoms with Gasteiger partial charge in [0.15, 0.2) is 11.5 Å². The van der Waals surface area contributed by atoms with Crippen LogP contribution < -0.4 is 24.3 Å². The molecule has 2 aromatic rings. The number of carbonyl (C=O) groups is 2. The van der Waals surface area contributed by atoms with E-state index in [1.54, 1.807) is 62.6 Å². The summed E-state index contributed by atoms with van der Waals surface area (Å²) in [5.74, 6) is 1.95. The van der Waals surface area contributed by atoms with Gasteiger partial charge in [0.25, 0.3) is 11.8 Å². The maximum atomic E-state index is 12.9. The standard InChI is InChI=1S/C23H28N2O6/c1-28-18-11-16(12-19(14-18)29-2)23(27)25-9-7-17(8-10-25)24-22(26)15-5-6-20(30-3)21(13-15)31-4/h5-6,11-14,17H,7-10H2,1-4H3,(H,24,26). The molecule has 1 heterocycles. The van der Waals surface area contributed by atoms with Crippen molar-refractivity contribution in [3.8, 4) is 23.0 Å². The predicted molar refractivity (Wildman–Crippen MR) is 115 cm³/mol. The maximum Gasteiger partial charge on any atom is 0.254 e. The summed E-state index contributed by atoms with van der Waals surface area (Å²) >= 11 is 0. The Labute approximate surface area is 182 Å². The fourth-order valence-corrected chi connectivity index (χ4v) is 3.59. The Morgan fingerprint density at radius 3 is 1.97 bits per heavy atom. The van der Waals surface area contributed by atoms with Crippen LogP contribution in [-0.2, 0) is 0 Å². The van der Waals surface area contributed by atoms with Crippen molar-refractivity contribution < 1.29 is 28.5 Å². The molecule has 2 aromatic carbocycles. The number of nitrogens with one attached hydrogen (secondary N) is 1. The lowest BCUT2D eigenvalue weighted by Gasteiger charge is -2.32. The lowest BCUT2D eigenvalue weighted by molar-refractivity contribution is 0.0697. The van der Waals surface area contributed by atoms with E-state index in [2.05, 4.69) is 5.32 Å². The summed E-state index contributed by atoms with van der Waals surface area (Å²) in [6.45, 7) is 1.10. The van der Waals surface area contributed by atoms with Crippen LogP contribution >= 0.6 is 0 Å². The number of rotatable bonds is 7. The van der Waals surface area contributed by atoms with Crippen LogP contribution in [0, 0.1) is 0 Å². The van der Waals surface area contributed by atoms with E-state index in [1.165, 1.54) is 7.11 Å². The lowest BCUT2D eigenvalue weighted by atomic mass is 10.0. The van der Waals surface area contributed by atoms with E-state index >= 15 is 0 Å². The van der Waals surface area contributed by atoms with E-state index in [-0.39, 0.29) is 17.9 Å². The molecule has 3 rings (SSSR count). The molecule has 1 fully saturated rings. The van der Waals surface area contributed by atoms with Gasteiger partial charge in [-0.2, -0.15) is 0 Å². The summed E-state index contributed by atoms with van der Waals surface area (Å²) in [6.07, 6.45) is 1.34. The third-order valence-corrected chi connectivity index (χ3v) is 5.36. The molecule has 1 N–H and O–H groups in total. The van der Waals surface area contributed by atoms with Crippen LogP contribution in [0.2, 0.25) is 0 Å². The maximum absolute atomic E-state index is 12.9. The molecule has 1 aliphatic heterocycles. The fraction of sp³-hybridized carbons (Fsp3) is 0.391. The van der Waals surface area contributed by atoms with Crippen LogP contribution in [0.1, 0.15) is 33.6 Å². The summed E-state index contributed by atoms with van der Waals surface area (Å²) in [4.78, 5) is 27.3. The van der Waals surface area contributed by atoms with E-state index < -0.39 is 0 Å². The first-order valence-electron chi connectivity index (χ1n) is 10.0. The van der Waals surface area contributed by atoms with Crippen LogP contribution in [0.15, 0.2) is 36.4 Å². The normalized spacial score (nSPS) is 14.0. The number of hydrogen-bond acceptors (Lipinski definition) is 6. The first-order chi connectivity index (χ1) is 15.0. The van der Waals surface area contributed by atoms with Crippen molar-refractivity contribution in [1.29, 1.82) is 0 Å². The minimum absolute atomic E-state index is 0.00973. The quantitative estimate of drug-likeness (QED) is 0.730. The summed E-state index contributed by atoms with van der Waals surface area (Å²) < 4.78 is 21.0. The van der Waals surface area contributed by atoms with E-state index in [0.29, 0.717) is 60.1 Å². The van der Waals surface area contributed by atoms with Gasteiger partial charge < -0.3 is 29.2 Å². The third-order valence-electron chi connectivity index (χ3n) is 5.36. The highest BCUT2D eigenvalue weighted by Crippen LogP contribution is 2.28. The smallest absolute Gasteiger partial charge is 0.254 e. The molecule has 0 bridgehead atoms. The monoisotopic (exact) mass is 428 g/mol. The second-order valence-electron chi connectivity index (χ2n) is 7.21. The number of ether oxygens (including phenoxy) is 4. The zero-order valence-corrected chi connectivity index (χ0v) is 18.3. The Morgan fingerprint density at radius 2 is 1.42 bits per heavy atom. The molecule has 0 saturated carbocycles. The van der Waals surface area contributed by atoms with Crippen molar-refractivity contribution in [3.63, 3.8) is 0 Å². The molecule has 2 amide bonds. The zero-order valence-electron chi connectivity index (χ0n) is 18.3. The van der Waals surface area contributed by atoms with E-state index in [0.717, 1.165) is 0 Å². The van der Waals surface area contributed by atoms with Crippen molar-refractivity contribution in [3.05, 3.63) is 47.5 Å². The minimum Gasteiger partial charge on any atom is -0.497 e. The van der Waals surface area contributed by atoms with Crippen LogP contribution in [0.4, 0.5) is 0 Å². The van der Waals surface area contributed by atoms with Gasteiger partial charge in [-0.25, -0.2) is 0 Å². The fourth-order valence-electron chi connectivity index (χ4n) is 3.59. The Morgan fingerprint density at radius 1 is 0.806 bits per heavy atom. The molecular formula is C23H28N2O6. The minimum atomic E-state index is -0.178. The highest BCUT2D eigenvalue weighted by atomic mass is 16.5. The molecule has 0 aliphatic carbocycles. The molecule has 31 heavy (non-hydrogen) atoms. The van der Waals surface area contributed by atoms with Crippen molar-refractivity contribution in [2.24, 2.45) is 0 Å². The van der Waals surface area contributed by atoms with Gasteiger partial charge in [0.2, 0.25) is 0 Å². The zero-order chi connectivity index (χ0) is 22.4. The molecule has 8 nitrogen and oxygen atoms in total. The largest absolute Gasteiger partial charge is 0.497 e. The van der Waals surface area contributed by atoms with E-state index in [1.807, 2.05) is 0 Å². The average molecular weight is 428 g/mol. The van der Waals surface area contributed by atoms with Gasteiger partial charge in [0, 0.05) is 36.3 Å². The Balaban J connectivity index is 1.59. The number of likely N-dealkylation sites (tertiary alicyclic amines) is 1. The van der Waals surface area contributed by atoms with Gasteiger partial charge in [-0.15, -0.1) is 0 Å². The molecule has 0 atom stereocenters. The molecular weight excluding hydrogens is 400 g/mol. The van der Waals surface area contributed by atoms with Gasteiger partial charge in [-0.05, 0) is 43.2 Å². The van der Waals surface area contributed by atoms with Crippen molar-refractivity contribution in [2.75, 3.05) is 41.5 Å². The summed E-state index contributed by atoms with van der Waals surface area (Å²) in [5.41, 5.74) is 1.02. The molecule has 8 heteroatoms. The molecule has 0 radical (unpaired) electrons. The predicted octanol–water partition coefficient (Wildman–Crippen LogP) is 2.76. The van der Waals surface area contributed by atoms with Crippen LogP contribution in [0.25, 0.3) is 0 Å². The number of benzene rings is 2. The van der Waals surface area contributed by atoms with Gasteiger partial charge in [0.1, 0.15) is 11.5 Å². The van der Waals surface area contributed by atoms with Crippen molar-refractivity contribution >= 4 is 11.8 Å². The lowest BCUT2D eigenvalue weighted by Crippen LogP contribution is -2.46. The van der Waals surface area contributed by atoms with Gasteiger partial charge >= 0.3 is 0 Å². The van der Waals surface area contributed by atoms with Gasteiger partial charge in [-0.1, -0.05) is 0 Å².